The molecule has 0 saturated carbocycles. The van der Waals surface area contributed by atoms with Crippen LogP contribution >= 0.6 is 0 Å². The van der Waals surface area contributed by atoms with E-state index in [0.29, 0.717) is 0 Å². The van der Waals surface area contributed by atoms with Crippen molar-refractivity contribution in [3.05, 3.63) is 23.3 Å². The number of rotatable bonds is 0. The van der Waals surface area contributed by atoms with Crippen molar-refractivity contribution in [1.82, 2.24) is 0 Å². The van der Waals surface area contributed by atoms with Gasteiger partial charge in [0.05, 0.1) is 13.2 Å². The van der Waals surface area contributed by atoms with Gasteiger partial charge in [-0.1, -0.05) is 53.7 Å². The monoisotopic (exact) mass is 208 g/mol. The molecule has 0 atom stereocenters. The van der Waals surface area contributed by atoms with Crippen LogP contribution in [0.2, 0.25) is 0 Å². The maximum atomic E-state index is 5.61. The van der Waals surface area contributed by atoms with Gasteiger partial charge in [-0.3, -0.25) is 0 Å². The second kappa shape index (κ2) is 4.13. The molecule has 0 aromatic rings. The lowest BCUT2D eigenvalue weighted by Gasteiger charge is -2.25. The molecule has 1 nitrogen and oxygen atoms in total. The van der Waals surface area contributed by atoms with E-state index in [-0.39, 0.29) is 10.8 Å². The summed E-state index contributed by atoms with van der Waals surface area (Å²) in [7, 11) is 0. The average Bonchev–Trinajstić information content (AvgIpc) is 2.24. The normalized spacial score (nSPS) is 19.3. The van der Waals surface area contributed by atoms with E-state index in [1.807, 2.05) is 0 Å². The van der Waals surface area contributed by atoms with E-state index in [0.717, 1.165) is 13.2 Å². The molecule has 1 heterocycles. The Balaban J connectivity index is 3.02. The molecule has 0 radical (unpaired) electrons. The smallest absolute Gasteiger partial charge is 0.0689 e. The van der Waals surface area contributed by atoms with E-state index in [1.165, 1.54) is 11.1 Å². The predicted octanol–water partition coefficient (Wildman–Crippen LogP) is 3.96. The van der Waals surface area contributed by atoms with Crippen molar-refractivity contribution in [2.24, 2.45) is 10.8 Å². The lowest BCUT2D eigenvalue weighted by atomic mass is 9.80. The Morgan fingerprint density at radius 1 is 1.00 bits per heavy atom. The summed E-state index contributed by atoms with van der Waals surface area (Å²) < 4.78 is 5.61. The number of allylic oxidation sites excluding steroid dienone is 2. The third-order valence-corrected chi connectivity index (χ3v) is 2.84. The maximum Gasteiger partial charge on any atom is 0.0689 e. The second-order valence-electron chi connectivity index (χ2n) is 6.34. The first kappa shape index (κ1) is 12.5. The minimum atomic E-state index is 0.203. The van der Waals surface area contributed by atoms with Gasteiger partial charge in [0.2, 0.25) is 0 Å². The number of hydrogen-bond acceptors (Lipinski definition) is 1. The minimum Gasteiger partial charge on any atom is -0.373 e. The SMILES string of the molecule is CC(C)(C)C1=CCOCC(C(C)(C)C)=C1. The fourth-order valence-corrected chi connectivity index (χ4v) is 1.56. The molecule has 0 saturated heterocycles. The average molecular weight is 208 g/mol. The molecule has 1 aliphatic heterocycles. The van der Waals surface area contributed by atoms with E-state index in [4.69, 9.17) is 4.74 Å². The van der Waals surface area contributed by atoms with Gasteiger partial charge in [0.15, 0.2) is 0 Å². The molecule has 0 amide bonds. The molecule has 1 rings (SSSR count). The van der Waals surface area contributed by atoms with Crippen LogP contribution in [0, 0.1) is 10.8 Å². The van der Waals surface area contributed by atoms with Gasteiger partial charge in [0, 0.05) is 0 Å². The summed E-state index contributed by atoms with van der Waals surface area (Å²) in [6.45, 7) is 15.0. The third-order valence-electron chi connectivity index (χ3n) is 2.84. The Morgan fingerprint density at radius 2 is 1.60 bits per heavy atom. The second-order valence-corrected chi connectivity index (χ2v) is 6.34. The molecular formula is C14H24O. The summed E-state index contributed by atoms with van der Waals surface area (Å²) in [5.74, 6) is 0. The summed E-state index contributed by atoms with van der Waals surface area (Å²) >= 11 is 0. The van der Waals surface area contributed by atoms with Gasteiger partial charge >= 0.3 is 0 Å². The highest BCUT2D eigenvalue weighted by atomic mass is 16.5. The summed E-state index contributed by atoms with van der Waals surface area (Å²) in [6.07, 6.45) is 4.53. The van der Waals surface area contributed by atoms with E-state index in [2.05, 4.69) is 53.7 Å². The van der Waals surface area contributed by atoms with Crippen molar-refractivity contribution in [1.29, 1.82) is 0 Å². The summed E-state index contributed by atoms with van der Waals surface area (Å²) in [6, 6.07) is 0. The molecule has 0 bridgehead atoms. The van der Waals surface area contributed by atoms with Gasteiger partial charge < -0.3 is 4.74 Å². The largest absolute Gasteiger partial charge is 0.373 e. The van der Waals surface area contributed by atoms with Crippen LogP contribution in [0.4, 0.5) is 0 Å². The fourth-order valence-electron chi connectivity index (χ4n) is 1.56. The molecular weight excluding hydrogens is 184 g/mol. The van der Waals surface area contributed by atoms with Crippen molar-refractivity contribution in [2.45, 2.75) is 41.5 Å². The van der Waals surface area contributed by atoms with Crippen molar-refractivity contribution < 1.29 is 4.74 Å². The van der Waals surface area contributed by atoms with Gasteiger partial charge in [-0.15, -0.1) is 0 Å². The molecule has 1 aliphatic rings. The molecule has 0 unspecified atom stereocenters. The molecule has 0 aromatic heterocycles. The van der Waals surface area contributed by atoms with E-state index >= 15 is 0 Å². The molecule has 15 heavy (non-hydrogen) atoms. The molecule has 0 N–H and O–H groups in total. The van der Waals surface area contributed by atoms with Crippen LogP contribution in [-0.4, -0.2) is 13.2 Å². The Bertz CT molecular complexity index is 281. The van der Waals surface area contributed by atoms with Crippen molar-refractivity contribution in [3.63, 3.8) is 0 Å². The summed E-state index contributed by atoms with van der Waals surface area (Å²) in [5.41, 5.74) is 3.20. The molecule has 86 valence electrons. The van der Waals surface area contributed by atoms with E-state index in [9.17, 15) is 0 Å². The number of hydrogen-bond donors (Lipinski definition) is 0. The highest BCUT2D eigenvalue weighted by molar-refractivity contribution is 5.32. The molecule has 0 fully saturated rings. The Kier molecular flexibility index (Phi) is 3.44. The van der Waals surface area contributed by atoms with Gasteiger partial charge in [-0.25, -0.2) is 0 Å². The minimum absolute atomic E-state index is 0.203. The highest BCUT2D eigenvalue weighted by Crippen LogP contribution is 2.33. The van der Waals surface area contributed by atoms with Crippen LogP contribution in [0.15, 0.2) is 23.3 Å². The van der Waals surface area contributed by atoms with Crippen molar-refractivity contribution in [2.75, 3.05) is 13.2 Å². The first-order chi connectivity index (χ1) is 6.71. The Labute approximate surface area is 94.2 Å². The zero-order valence-corrected chi connectivity index (χ0v) is 11.0. The molecule has 1 heteroatoms. The molecule has 0 aliphatic carbocycles. The molecule has 0 spiro atoms. The standard InChI is InChI=1S/C14H24O/c1-13(2,3)11-7-8-15-10-12(9-11)14(4,5)6/h7,9H,8,10H2,1-6H3. The van der Waals surface area contributed by atoms with Crippen LogP contribution in [0.1, 0.15) is 41.5 Å². The van der Waals surface area contributed by atoms with Crippen LogP contribution in [0.25, 0.3) is 0 Å². The number of ether oxygens (including phenoxy) is 1. The Hall–Kier alpha value is -0.560. The van der Waals surface area contributed by atoms with Crippen LogP contribution in [0.5, 0.6) is 0 Å². The van der Waals surface area contributed by atoms with Crippen molar-refractivity contribution in [3.8, 4) is 0 Å². The fraction of sp³-hybridized carbons (Fsp3) is 0.714. The maximum absolute atomic E-state index is 5.61. The topological polar surface area (TPSA) is 9.23 Å². The van der Waals surface area contributed by atoms with Gasteiger partial charge in [-0.2, -0.15) is 0 Å². The van der Waals surface area contributed by atoms with Gasteiger partial charge in [0.25, 0.3) is 0 Å². The first-order valence-electron chi connectivity index (χ1n) is 5.71. The zero-order valence-electron chi connectivity index (χ0n) is 11.0. The molecule has 0 aromatic carbocycles. The summed E-state index contributed by atoms with van der Waals surface area (Å²) in [5, 5.41) is 0. The predicted molar refractivity (Wildman–Crippen MR) is 65.9 cm³/mol. The van der Waals surface area contributed by atoms with E-state index in [1.54, 1.807) is 0 Å². The Morgan fingerprint density at radius 3 is 2.07 bits per heavy atom. The lowest BCUT2D eigenvalue weighted by molar-refractivity contribution is 0.174. The van der Waals surface area contributed by atoms with Gasteiger partial charge in [-0.05, 0) is 22.0 Å². The quantitative estimate of drug-likeness (QED) is 0.585. The van der Waals surface area contributed by atoms with Crippen molar-refractivity contribution >= 4 is 0 Å². The summed E-state index contributed by atoms with van der Waals surface area (Å²) in [4.78, 5) is 0. The third kappa shape index (κ3) is 3.49. The van der Waals surface area contributed by atoms with Crippen LogP contribution < -0.4 is 0 Å². The van der Waals surface area contributed by atoms with Crippen LogP contribution in [-0.2, 0) is 4.74 Å². The zero-order chi connectivity index (χ0) is 11.7. The lowest BCUT2D eigenvalue weighted by Crippen LogP contribution is -2.15. The highest BCUT2D eigenvalue weighted by Gasteiger charge is 2.22. The van der Waals surface area contributed by atoms with E-state index < -0.39 is 0 Å². The first-order valence-corrected chi connectivity index (χ1v) is 5.71. The van der Waals surface area contributed by atoms with Gasteiger partial charge in [0.1, 0.15) is 0 Å². The van der Waals surface area contributed by atoms with Crippen LogP contribution in [0.3, 0.4) is 0 Å².